The Bertz CT molecular complexity index is 595. The average molecular weight is 314 g/mol. The van der Waals surface area contributed by atoms with Crippen LogP contribution in [0.1, 0.15) is 31.7 Å². The van der Waals surface area contributed by atoms with E-state index in [1.807, 2.05) is 0 Å². The number of benzene rings is 1. The molecule has 2 fully saturated rings. The first-order valence-corrected chi connectivity index (χ1v) is 8.90. The van der Waals surface area contributed by atoms with Crippen LogP contribution in [-0.4, -0.2) is 49.7 Å². The van der Waals surface area contributed by atoms with Crippen LogP contribution < -0.4 is 4.90 Å². The summed E-state index contributed by atoms with van der Waals surface area (Å²) in [7, 11) is 0. The summed E-state index contributed by atoms with van der Waals surface area (Å²) in [4.78, 5) is 17.3. The summed E-state index contributed by atoms with van der Waals surface area (Å²) >= 11 is 0. The molecule has 1 aromatic rings. The van der Waals surface area contributed by atoms with Gasteiger partial charge < -0.3 is 14.5 Å². The van der Waals surface area contributed by atoms with E-state index in [9.17, 15) is 4.79 Å². The zero-order valence-electron chi connectivity index (χ0n) is 14.0. The van der Waals surface area contributed by atoms with Crippen molar-refractivity contribution in [2.45, 2.75) is 38.6 Å². The summed E-state index contributed by atoms with van der Waals surface area (Å²) in [6.45, 7) is 6.35. The van der Waals surface area contributed by atoms with Crippen molar-refractivity contribution in [2.24, 2.45) is 5.41 Å². The molecule has 0 N–H and O–H groups in total. The quantitative estimate of drug-likeness (QED) is 0.841. The lowest BCUT2D eigenvalue weighted by Crippen LogP contribution is -2.46. The maximum absolute atomic E-state index is 12.9. The zero-order valence-corrected chi connectivity index (χ0v) is 14.0. The summed E-state index contributed by atoms with van der Waals surface area (Å²) in [5, 5.41) is 0. The molecule has 2 saturated heterocycles. The Hall–Kier alpha value is -1.55. The van der Waals surface area contributed by atoms with Crippen molar-refractivity contribution in [3.8, 4) is 0 Å². The van der Waals surface area contributed by atoms with Crippen molar-refractivity contribution in [3.05, 3.63) is 29.8 Å². The number of rotatable bonds is 2. The molecule has 0 radical (unpaired) electrons. The second-order valence-electron chi connectivity index (χ2n) is 7.29. The lowest BCUT2D eigenvalue weighted by atomic mass is 9.74. The topological polar surface area (TPSA) is 32.8 Å². The third-order valence-corrected chi connectivity index (χ3v) is 6.32. The SMILES string of the molecule is CC1N(C(=O)CN2CCc3ccccc32)CCC12CCOCC2. The van der Waals surface area contributed by atoms with Crippen LogP contribution in [-0.2, 0) is 16.0 Å². The van der Waals surface area contributed by atoms with Gasteiger partial charge in [0.15, 0.2) is 0 Å². The second-order valence-corrected chi connectivity index (χ2v) is 7.29. The zero-order chi connectivity index (χ0) is 15.9. The van der Waals surface area contributed by atoms with Crippen LogP contribution in [0.15, 0.2) is 24.3 Å². The van der Waals surface area contributed by atoms with Gasteiger partial charge in [0.25, 0.3) is 0 Å². The Balaban J connectivity index is 1.44. The van der Waals surface area contributed by atoms with Crippen molar-refractivity contribution >= 4 is 11.6 Å². The molecule has 4 heteroatoms. The van der Waals surface area contributed by atoms with Gasteiger partial charge in [0, 0.05) is 38.0 Å². The van der Waals surface area contributed by atoms with Crippen LogP contribution in [0.3, 0.4) is 0 Å². The van der Waals surface area contributed by atoms with Crippen molar-refractivity contribution in [1.29, 1.82) is 0 Å². The number of amides is 1. The van der Waals surface area contributed by atoms with Crippen LogP contribution in [0.5, 0.6) is 0 Å². The largest absolute Gasteiger partial charge is 0.381 e. The van der Waals surface area contributed by atoms with Gasteiger partial charge in [-0.2, -0.15) is 0 Å². The number of para-hydroxylation sites is 1. The number of carbonyl (C=O) groups excluding carboxylic acids is 1. The van der Waals surface area contributed by atoms with Crippen molar-refractivity contribution in [2.75, 3.05) is 37.7 Å². The molecule has 1 amide bonds. The summed E-state index contributed by atoms with van der Waals surface area (Å²) < 4.78 is 5.54. The van der Waals surface area contributed by atoms with E-state index in [2.05, 4.69) is 41.0 Å². The molecule has 4 nitrogen and oxygen atoms in total. The normalized spacial score (nSPS) is 25.9. The van der Waals surface area contributed by atoms with E-state index in [0.717, 1.165) is 52.0 Å². The smallest absolute Gasteiger partial charge is 0.242 e. The highest BCUT2D eigenvalue weighted by atomic mass is 16.5. The molecule has 0 bridgehead atoms. The molecule has 4 rings (SSSR count). The van der Waals surface area contributed by atoms with Crippen molar-refractivity contribution < 1.29 is 9.53 Å². The van der Waals surface area contributed by atoms with Crippen LogP contribution in [0.2, 0.25) is 0 Å². The number of hydrogen-bond acceptors (Lipinski definition) is 3. The van der Waals surface area contributed by atoms with Crippen LogP contribution in [0.4, 0.5) is 5.69 Å². The highest BCUT2D eigenvalue weighted by Gasteiger charge is 2.47. The fourth-order valence-electron chi connectivity index (χ4n) is 4.69. The Labute approximate surface area is 138 Å². The highest BCUT2D eigenvalue weighted by molar-refractivity contribution is 5.83. The highest BCUT2D eigenvalue weighted by Crippen LogP contribution is 2.45. The molecule has 3 aliphatic rings. The van der Waals surface area contributed by atoms with E-state index >= 15 is 0 Å². The fraction of sp³-hybridized carbons (Fsp3) is 0.632. The van der Waals surface area contributed by atoms with Gasteiger partial charge in [-0.1, -0.05) is 18.2 Å². The van der Waals surface area contributed by atoms with Crippen LogP contribution in [0.25, 0.3) is 0 Å². The number of ether oxygens (including phenoxy) is 1. The second kappa shape index (κ2) is 5.82. The minimum Gasteiger partial charge on any atom is -0.381 e. The Morgan fingerprint density at radius 2 is 2.00 bits per heavy atom. The molecule has 1 aromatic carbocycles. The number of anilines is 1. The summed E-state index contributed by atoms with van der Waals surface area (Å²) in [6, 6.07) is 8.81. The van der Waals surface area contributed by atoms with E-state index in [1.54, 1.807) is 0 Å². The number of nitrogens with zero attached hydrogens (tertiary/aromatic N) is 2. The molecule has 1 spiro atoms. The van der Waals surface area contributed by atoms with E-state index in [-0.39, 0.29) is 5.91 Å². The number of carbonyl (C=O) groups is 1. The molecule has 3 heterocycles. The van der Waals surface area contributed by atoms with E-state index in [1.165, 1.54) is 11.3 Å². The minimum absolute atomic E-state index is 0.289. The molecule has 3 aliphatic heterocycles. The first-order chi connectivity index (χ1) is 11.2. The summed E-state index contributed by atoms with van der Waals surface area (Å²) in [5.41, 5.74) is 2.92. The lowest BCUT2D eigenvalue weighted by molar-refractivity contribution is -0.131. The maximum atomic E-state index is 12.9. The van der Waals surface area contributed by atoms with Gasteiger partial charge in [-0.05, 0) is 49.7 Å². The van der Waals surface area contributed by atoms with Gasteiger partial charge in [0.2, 0.25) is 5.91 Å². The molecule has 124 valence electrons. The standard InChI is InChI=1S/C19H26N2O2/c1-15-19(8-12-23-13-9-19)7-11-21(15)18(22)14-20-10-6-16-4-2-3-5-17(16)20/h2-5,15H,6-14H2,1H3. The van der Waals surface area contributed by atoms with Gasteiger partial charge in [-0.3, -0.25) is 4.79 Å². The minimum atomic E-state index is 0.289. The third-order valence-electron chi connectivity index (χ3n) is 6.32. The van der Waals surface area contributed by atoms with Gasteiger partial charge in [-0.15, -0.1) is 0 Å². The number of likely N-dealkylation sites (tertiary alicyclic amines) is 1. The van der Waals surface area contributed by atoms with E-state index in [0.29, 0.717) is 18.0 Å². The molecule has 0 aromatic heterocycles. The Morgan fingerprint density at radius 3 is 2.83 bits per heavy atom. The fourth-order valence-corrected chi connectivity index (χ4v) is 4.69. The summed E-state index contributed by atoms with van der Waals surface area (Å²) in [5.74, 6) is 0.289. The molecule has 1 unspecified atom stereocenters. The lowest BCUT2D eigenvalue weighted by Gasteiger charge is -2.39. The van der Waals surface area contributed by atoms with Crippen molar-refractivity contribution in [1.82, 2.24) is 4.90 Å². The van der Waals surface area contributed by atoms with E-state index < -0.39 is 0 Å². The molecule has 23 heavy (non-hydrogen) atoms. The number of hydrogen-bond donors (Lipinski definition) is 0. The van der Waals surface area contributed by atoms with Crippen molar-refractivity contribution in [3.63, 3.8) is 0 Å². The molecule has 1 atom stereocenters. The maximum Gasteiger partial charge on any atom is 0.242 e. The molecular weight excluding hydrogens is 288 g/mol. The van der Waals surface area contributed by atoms with Gasteiger partial charge in [0.1, 0.15) is 0 Å². The third kappa shape index (κ3) is 2.53. The first-order valence-electron chi connectivity index (χ1n) is 8.90. The molecule has 0 saturated carbocycles. The Morgan fingerprint density at radius 1 is 1.22 bits per heavy atom. The van der Waals surface area contributed by atoms with Gasteiger partial charge >= 0.3 is 0 Å². The molecule has 0 aliphatic carbocycles. The predicted molar refractivity (Wildman–Crippen MR) is 90.6 cm³/mol. The molecular formula is C19H26N2O2. The summed E-state index contributed by atoms with van der Waals surface area (Å²) in [6.07, 6.45) is 4.40. The number of fused-ring (bicyclic) bond motifs is 1. The van der Waals surface area contributed by atoms with Crippen LogP contribution >= 0.6 is 0 Å². The monoisotopic (exact) mass is 314 g/mol. The average Bonchev–Trinajstić information content (AvgIpc) is 3.12. The predicted octanol–water partition coefficient (Wildman–Crippen LogP) is 2.47. The van der Waals surface area contributed by atoms with Crippen LogP contribution in [0, 0.1) is 5.41 Å². The van der Waals surface area contributed by atoms with E-state index in [4.69, 9.17) is 4.74 Å². The Kier molecular flexibility index (Phi) is 3.80. The van der Waals surface area contributed by atoms with Gasteiger partial charge in [-0.25, -0.2) is 0 Å². The first kappa shape index (κ1) is 15.0. The van der Waals surface area contributed by atoms with Gasteiger partial charge in [0.05, 0.1) is 6.54 Å².